The molecule has 2 heterocycles. The molecule has 0 unspecified atom stereocenters. The van der Waals surface area contributed by atoms with E-state index in [0.29, 0.717) is 27.2 Å². The predicted molar refractivity (Wildman–Crippen MR) is 94.3 cm³/mol. The van der Waals surface area contributed by atoms with Crippen LogP contribution in [0, 0.1) is 13.8 Å². The van der Waals surface area contributed by atoms with Crippen LogP contribution in [0.15, 0.2) is 27.4 Å². The summed E-state index contributed by atoms with van der Waals surface area (Å²) < 4.78 is 11.9. The van der Waals surface area contributed by atoms with Crippen molar-refractivity contribution in [1.29, 1.82) is 0 Å². The van der Waals surface area contributed by atoms with E-state index in [4.69, 9.17) is 32.4 Å². The molecule has 1 aromatic carbocycles. The Balaban J connectivity index is 1.94. The first-order valence-corrected chi connectivity index (χ1v) is 8.12. The molecule has 0 spiro atoms. The molecule has 0 bridgehead atoms. The number of rotatable bonds is 3. The van der Waals surface area contributed by atoms with Crippen LogP contribution in [0.2, 0.25) is 10.2 Å². The molecule has 3 aromatic rings. The highest BCUT2D eigenvalue weighted by Gasteiger charge is 2.21. The highest BCUT2D eigenvalue weighted by molar-refractivity contribution is 6.33. The van der Waals surface area contributed by atoms with Crippen molar-refractivity contribution < 1.29 is 13.9 Å². The van der Waals surface area contributed by atoms with Gasteiger partial charge in [-0.1, -0.05) is 23.2 Å². The third kappa shape index (κ3) is 3.27. The van der Waals surface area contributed by atoms with Crippen LogP contribution in [0.1, 0.15) is 27.2 Å². The summed E-state index contributed by atoms with van der Waals surface area (Å²) in [4.78, 5) is 24.1. The second-order valence-corrected chi connectivity index (χ2v) is 6.40. The van der Waals surface area contributed by atoms with Gasteiger partial charge in [0.05, 0.1) is 5.69 Å². The van der Waals surface area contributed by atoms with Gasteiger partial charge in [0.2, 0.25) is 0 Å². The fraction of sp³-hybridized carbons (Fsp3) is 0.235. The molecule has 0 aliphatic heterocycles. The van der Waals surface area contributed by atoms with Crippen LogP contribution in [0.4, 0.5) is 0 Å². The zero-order chi connectivity index (χ0) is 18.3. The number of carbonyl (C=O) groups excluding carboxylic acids is 1. The van der Waals surface area contributed by atoms with E-state index in [0.717, 1.165) is 5.56 Å². The largest absolute Gasteiger partial charge is 0.457 e. The molecular formula is C17H14Cl2N2O4. The highest BCUT2D eigenvalue weighted by Crippen LogP contribution is 2.26. The number of hydrogen-bond donors (Lipinski definition) is 0. The van der Waals surface area contributed by atoms with Gasteiger partial charge < -0.3 is 9.15 Å². The SMILES string of the molecule is Cc1cc2oc(=O)cc(COC(=O)c3c(C)nn(C)c3Cl)c2cc1Cl. The molecule has 0 atom stereocenters. The number of ether oxygens (including phenoxy) is 1. The molecule has 0 fully saturated rings. The maximum absolute atomic E-state index is 12.3. The molecule has 130 valence electrons. The van der Waals surface area contributed by atoms with Gasteiger partial charge >= 0.3 is 11.6 Å². The maximum Gasteiger partial charge on any atom is 0.343 e. The van der Waals surface area contributed by atoms with E-state index < -0.39 is 11.6 Å². The van der Waals surface area contributed by atoms with Gasteiger partial charge in [-0.15, -0.1) is 0 Å². The normalized spacial score (nSPS) is 11.1. The van der Waals surface area contributed by atoms with Gasteiger partial charge in [-0.25, -0.2) is 9.59 Å². The zero-order valence-electron chi connectivity index (χ0n) is 13.7. The summed E-state index contributed by atoms with van der Waals surface area (Å²) >= 11 is 12.2. The van der Waals surface area contributed by atoms with Crippen molar-refractivity contribution in [1.82, 2.24) is 9.78 Å². The predicted octanol–water partition coefficient (Wildman–Crippen LogP) is 3.81. The van der Waals surface area contributed by atoms with Gasteiger partial charge in [0.15, 0.2) is 0 Å². The van der Waals surface area contributed by atoms with Crippen LogP contribution in [0.25, 0.3) is 11.0 Å². The summed E-state index contributed by atoms with van der Waals surface area (Å²) in [6, 6.07) is 4.63. The topological polar surface area (TPSA) is 74.3 Å². The van der Waals surface area contributed by atoms with Crippen molar-refractivity contribution in [2.45, 2.75) is 20.5 Å². The Labute approximate surface area is 152 Å². The van der Waals surface area contributed by atoms with Gasteiger partial charge in [0.1, 0.15) is 22.9 Å². The van der Waals surface area contributed by atoms with Gasteiger partial charge in [-0.2, -0.15) is 5.10 Å². The van der Waals surface area contributed by atoms with Gasteiger partial charge in [0, 0.05) is 29.1 Å². The molecule has 2 aromatic heterocycles. The number of esters is 1. The summed E-state index contributed by atoms with van der Waals surface area (Å²) in [7, 11) is 1.63. The second kappa shape index (κ2) is 6.54. The van der Waals surface area contributed by atoms with Crippen LogP contribution in [0.5, 0.6) is 0 Å². The van der Waals surface area contributed by atoms with Crippen molar-refractivity contribution in [3.63, 3.8) is 0 Å². The third-order valence-corrected chi connectivity index (χ3v) is 4.67. The van der Waals surface area contributed by atoms with Crippen molar-refractivity contribution in [2.24, 2.45) is 7.05 Å². The Hall–Kier alpha value is -2.31. The molecule has 8 heteroatoms. The van der Waals surface area contributed by atoms with E-state index in [9.17, 15) is 9.59 Å². The van der Waals surface area contributed by atoms with E-state index in [1.54, 1.807) is 26.1 Å². The molecular weight excluding hydrogens is 367 g/mol. The van der Waals surface area contributed by atoms with Crippen LogP contribution in [0.3, 0.4) is 0 Å². The lowest BCUT2D eigenvalue weighted by Gasteiger charge is -2.08. The van der Waals surface area contributed by atoms with E-state index >= 15 is 0 Å². The number of halogens is 2. The Morgan fingerprint density at radius 1 is 1.28 bits per heavy atom. The van der Waals surface area contributed by atoms with E-state index in [-0.39, 0.29) is 17.3 Å². The number of nitrogens with zero attached hydrogens (tertiary/aromatic N) is 2. The van der Waals surface area contributed by atoms with Crippen molar-refractivity contribution in [3.05, 3.63) is 61.2 Å². The minimum absolute atomic E-state index is 0.120. The zero-order valence-corrected chi connectivity index (χ0v) is 15.2. The minimum Gasteiger partial charge on any atom is -0.457 e. The summed E-state index contributed by atoms with van der Waals surface area (Å²) in [5.41, 5.74) is 1.80. The number of aromatic nitrogens is 2. The molecule has 0 amide bonds. The highest BCUT2D eigenvalue weighted by atomic mass is 35.5. The van der Waals surface area contributed by atoms with E-state index in [1.807, 2.05) is 6.92 Å². The molecule has 0 radical (unpaired) electrons. The lowest BCUT2D eigenvalue weighted by Crippen LogP contribution is -2.09. The molecule has 0 N–H and O–H groups in total. The lowest BCUT2D eigenvalue weighted by molar-refractivity contribution is 0.0473. The molecule has 0 saturated carbocycles. The Kier molecular flexibility index (Phi) is 4.58. The Morgan fingerprint density at radius 3 is 2.64 bits per heavy atom. The first-order valence-electron chi connectivity index (χ1n) is 7.37. The van der Waals surface area contributed by atoms with Crippen LogP contribution < -0.4 is 5.63 Å². The van der Waals surface area contributed by atoms with E-state index in [1.165, 1.54) is 10.7 Å². The Bertz CT molecular complexity index is 1050. The van der Waals surface area contributed by atoms with Crippen LogP contribution in [-0.2, 0) is 18.4 Å². The van der Waals surface area contributed by atoms with Crippen molar-refractivity contribution >= 4 is 40.1 Å². The molecule has 3 rings (SSSR count). The number of fused-ring (bicyclic) bond motifs is 1. The van der Waals surface area contributed by atoms with Gasteiger partial charge in [-0.05, 0) is 31.5 Å². The first kappa shape index (κ1) is 17.5. The fourth-order valence-corrected chi connectivity index (χ4v) is 2.96. The average molecular weight is 381 g/mol. The lowest BCUT2D eigenvalue weighted by atomic mass is 10.1. The van der Waals surface area contributed by atoms with Gasteiger partial charge in [-0.3, -0.25) is 4.68 Å². The monoisotopic (exact) mass is 380 g/mol. The molecule has 6 nitrogen and oxygen atoms in total. The second-order valence-electron chi connectivity index (χ2n) is 5.64. The first-order chi connectivity index (χ1) is 11.8. The number of benzene rings is 1. The summed E-state index contributed by atoms with van der Waals surface area (Å²) in [6.45, 7) is 3.35. The average Bonchev–Trinajstić information content (AvgIpc) is 2.79. The maximum atomic E-state index is 12.3. The quantitative estimate of drug-likeness (QED) is 0.510. The minimum atomic E-state index is -0.616. The number of hydrogen-bond acceptors (Lipinski definition) is 5. The van der Waals surface area contributed by atoms with Gasteiger partial charge in [0.25, 0.3) is 0 Å². The summed E-state index contributed by atoms with van der Waals surface area (Å²) in [5, 5.41) is 5.40. The standard InChI is InChI=1S/C17H14Cl2N2O4/c1-8-4-13-11(6-12(8)18)10(5-14(22)25-13)7-24-17(23)15-9(2)20-21(3)16(15)19/h4-6H,7H2,1-3H3. The van der Waals surface area contributed by atoms with Crippen molar-refractivity contribution in [2.75, 3.05) is 0 Å². The molecule has 25 heavy (non-hydrogen) atoms. The number of aryl methyl sites for hydroxylation is 3. The Morgan fingerprint density at radius 2 is 2.00 bits per heavy atom. The smallest absolute Gasteiger partial charge is 0.343 e. The van der Waals surface area contributed by atoms with E-state index in [2.05, 4.69) is 5.10 Å². The molecule has 0 saturated heterocycles. The van der Waals surface area contributed by atoms with Crippen LogP contribution in [-0.4, -0.2) is 15.7 Å². The summed E-state index contributed by atoms with van der Waals surface area (Å²) in [5.74, 6) is -0.616. The van der Waals surface area contributed by atoms with Crippen LogP contribution >= 0.6 is 23.2 Å². The third-order valence-electron chi connectivity index (χ3n) is 3.82. The van der Waals surface area contributed by atoms with Crippen molar-refractivity contribution in [3.8, 4) is 0 Å². The summed E-state index contributed by atoms with van der Waals surface area (Å²) in [6.07, 6.45) is 0. The molecule has 0 aliphatic carbocycles. The number of carbonyl (C=O) groups is 1. The fourth-order valence-electron chi connectivity index (χ4n) is 2.55. The molecule has 0 aliphatic rings.